The summed E-state index contributed by atoms with van der Waals surface area (Å²) in [5, 5.41) is 8.58. The van der Waals surface area contributed by atoms with Crippen molar-refractivity contribution in [1.82, 2.24) is 4.90 Å². The molecule has 0 bridgehead atoms. The fourth-order valence-electron chi connectivity index (χ4n) is 4.48. The van der Waals surface area contributed by atoms with Gasteiger partial charge in [0, 0.05) is 13.1 Å². The van der Waals surface area contributed by atoms with Crippen molar-refractivity contribution < 1.29 is 14.3 Å². The second-order valence-corrected chi connectivity index (χ2v) is 7.45. The lowest BCUT2D eigenvalue weighted by Crippen LogP contribution is -2.36. The largest absolute Gasteiger partial charge is 0.479 e. The second kappa shape index (κ2) is 9.05. The first-order valence-corrected chi connectivity index (χ1v) is 9.62. The third-order valence-electron chi connectivity index (χ3n) is 5.84. The zero-order valence-electron chi connectivity index (χ0n) is 15.5. The van der Waals surface area contributed by atoms with Gasteiger partial charge in [-0.25, -0.2) is 0 Å². The number of nitrogens with zero attached hydrogens (tertiary/aromatic N) is 2. The molecule has 0 aromatic heterocycles. The number of benzene rings is 1. The van der Waals surface area contributed by atoms with Gasteiger partial charge in [0.1, 0.15) is 17.9 Å². The zero-order chi connectivity index (χ0) is 18.4. The molecule has 140 valence electrons. The van der Waals surface area contributed by atoms with Crippen LogP contribution in [0.1, 0.15) is 44.1 Å². The molecule has 0 amide bonds. The highest BCUT2D eigenvalue weighted by Gasteiger charge is 2.40. The lowest BCUT2D eigenvalue weighted by atomic mass is 9.79. The van der Waals surface area contributed by atoms with Crippen molar-refractivity contribution in [1.29, 1.82) is 5.26 Å². The van der Waals surface area contributed by atoms with E-state index >= 15 is 0 Å². The number of nitriles is 1. The van der Waals surface area contributed by atoms with E-state index in [0.717, 1.165) is 31.0 Å². The summed E-state index contributed by atoms with van der Waals surface area (Å²) < 4.78 is 10.4. The molecule has 1 aliphatic heterocycles. The molecule has 5 nitrogen and oxygen atoms in total. The summed E-state index contributed by atoms with van der Waals surface area (Å²) in [7, 11) is 1.48. The number of carbonyl (C=O) groups is 1. The van der Waals surface area contributed by atoms with Crippen LogP contribution in [0.2, 0.25) is 0 Å². The smallest absolute Gasteiger partial charge is 0.323 e. The number of carbonyl (C=O) groups excluding carboxylic acids is 1. The number of esters is 1. The molecule has 1 heterocycles. The third kappa shape index (κ3) is 4.56. The lowest BCUT2D eigenvalue weighted by molar-refractivity contribution is -0.146. The highest BCUT2D eigenvalue weighted by Crippen LogP contribution is 2.38. The number of ether oxygens (including phenoxy) is 2. The fraction of sp³-hybridized carbons (Fsp3) is 0.619. The molecule has 1 aromatic rings. The van der Waals surface area contributed by atoms with Crippen LogP contribution in [0.3, 0.4) is 0 Å². The summed E-state index contributed by atoms with van der Waals surface area (Å²) in [6.45, 7) is 1.76. The SMILES string of the molecule is COC(=O)C1CC(C2CCCCC2)CN1Cc1ccc(OCC#N)cc1. The van der Waals surface area contributed by atoms with Gasteiger partial charge in [0.2, 0.25) is 0 Å². The maximum absolute atomic E-state index is 12.3. The second-order valence-electron chi connectivity index (χ2n) is 7.45. The van der Waals surface area contributed by atoms with Crippen LogP contribution in [0.4, 0.5) is 0 Å². The molecule has 2 fully saturated rings. The van der Waals surface area contributed by atoms with E-state index in [4.69, 9.17) is 14.7 Å². The van der Waals surface area contributed by atoms with Gasteiger partial charge < -0.3 is 9.47 Å². The first kappa shape index (κ1) is 18.7. The van der Waals surface area contributed by atoms with E-state index < -0.39 is 0 Å². The Balaban J connectivity index is 1.65. The average Bonchev–Trinajstić information content (AvgIpc) is 3.11. The minimum absolute atomic E-state index is 0.0545. The lowest BCUT2D eigenvalue weighted by Gasteiger charge is -2.27. The molecule has 3 rings (SSSR count). The van der Waals surface area contributed by atoms with Crippen molar-refractivity contribution in [3.05, 3.63) is 29.8 Å². The van der Waals surface area contributed by atoms with Crippen molar-refractivity contribution in [3.63, 3.8) is 0 Å². The van der Waals surface area contributed by atoms with E-state index in [1.807, 2.05) is 30.3 Å². The Morgan fingerprint density at radius 2 is 1.92 bits per heavy atom. The van der Waals surface area contributed by atoms with Crippen molar-refractivity contribution in [3.8, 4) is 11.8 Å². The fourth-order valence-corrected chi connectivity index (χ4v) is 4.48. The molecule has 1 saturated heterocycles. The van der Waals surface area contributed by atoms with Crippen molar-refractivity contribution >= 4 is 5.97 Å². The summed E-state index contributed by atoms with van der Waals surface area (Å²) in [5.74, 6) is 1.93. The predicted octanol–water partition coefficient (Wildman–Crippen LogP) is 3.53. The summed E-state index contributed by atoms with van der Waals surface area (Å²) in [4.78, 5) is 14.6. The summed E-state index contributed by atoms with van der Waals surface area (Å²) in [5.41, 5.74) is 1.15. The molecule has 2 unspecified atom stereocenters. The zero-order valence-corrected chi connectivity index (χ0v) is 15.5. The van der Waals surface area contributed by atoms with Crippen LogP contribution >= 0.6 is 0 Å². The van der Waals surface area contributed by atoms with Crippen LogP contribution in [0.25, 0.3) is 0 Å². The molecule has 2 aliphatic rings. The normalized spacial score (nSPS) is 24.2. The van der Waals surface area contributed by atoms with Crippen molar-refractivity contribution in [2.45, 2.75) is 51.1 Å². The molecular weight excluding hydrogens is 328 g/mol. The molecule has 0 spiro atoms. The Morgan fingerprint density at radius 1 is 1.19 bits per heavy atom. The van der Waals surface area contributed by atoms with Gasteiger partial charge >= 0.3 is 5.97 Å². The molecular formula is C21H28N2O3. The van der Waals surface area contributed by atoms with Gasteiger partial charge in [-0.3, -0.25) is 9.69 Å². The average molecular weight is 356 g/mol. The standard InChI is InChI=1S/C21H28N2O3/c1-25-21(24)20-13-18(17-5-3-2-4-6-17)15-23(20)14-16-7-9-19(10-8-16)26-12-11-22/h7-10,17-18,20H,2-6,12-15H2,1H3. The van der Waals surface area contributed by atoms with E-state index in [2.05, 4.69) is 4.90 Å². The molecule has 26 heavy (non-hydrogen) atoms. The van der Waals surface area contributed by atoms with Gasteiger partial charge in [-0.2, -0.15) is 5.26 Å². The number of rotatable bonds is 6. The van der Waals surface area contributed by atoms with Crippen LogP contribution in [0.5, 0.6) is 5.75 Å². The van der Waals surface area contributed by atoms with E-state index in [0.29, 0.717) is 11.7 Å². The van der Waals surface area contributed by atoms with Gasteiger partial charge in [0.15, 0.2) is 6.61 Å². The van der Waals surface area contributed by atoms with Crippen molar-refractivity contribution in [2.24, 2.45) is 11.8 Å². The number of hydrogen-bond donors (Lipinski definition) is 0. The Kier molecular flexibility index (Phi) is 6.51. The first-order chi connectivity index (χ1) is 12.7. The summed E-state index contributed by atoms with van der Waals surface area (Å²) >= 11 is 0. The quantitative estimate of drug-likeness (QED) is 0.730. The first-order valence-electron chi connectivity index (χ1n) is 9.62. The Morgan fingerprint density at radius 3 is 2.58 bits per heavy atom. The van der Waals surface area contributed by atoms with E-state index in [9.17, 15) is 4.79 Å². The van der Waals surface area contributed by atoms with Gasteiger partial charge in [-0.05, 0) is 36.0 Å². The predicted molar refractivity (Wildman–Crippen MR) is 98.4 cm³/mol. The van der Waals surface area contributed by atoms with Crippen LogP contribution < -0.4 is 4.74 Å². The molecule has 0 radical (unpaired) electrons. The van der Waals surface area contributed by atoms with Gasteiger partial charge in [0.05, 0.1) is 7.11 Å². The highest BCUT2D eigenvalue weighted by molar-refractivity contribution is 5.76. The van der Waals surface area contributed by atoms with Gasteiger partial charge in [-0.1, -0.05) is 44.2 Å². The maximum Gasteiger partial charge on any atom is 0.323 e. The Hall–Kier alpha value is -2.06. The topological polar surface area (TPSA) is 62.6 Å². The summed E-state index contributed by atoms with van der Waals surface area (Å²) in [6, 6.07) is 9.62. The number of likely N-dealkylation sites (tertiary alicyclic amines) is 1. The maximum atomic E-state index is 12.3. The molecule has 1 aromatic carbocycles. The number of hydrogen-bond acceptors (Lipinski definition) is 5. The van der Waals surface area contributed by atoms with Crippen LogP contribution in [0, 0.1) is 23.2 Å². The van der Waals surface area contributed by atoms with Crippen LogP contribution in [0.15, 0.2) is 24.3 Å². The van der Waals surface area contributed by atoms with Crippen molar-refractivity contribution in [2.75, 3.05) is 20.3 Å². The molecule has 1 saturated carbocycles. The third-order valence-corrected chi connectivity index (χ3v) is 5.84. The molecule has 1 aliphatic carbocycles. The van der Waals surface area contributed by atoms with E-state index in [1.165, 1.54) is 39.2 Å². The van der Waals surface area contributed by atoms with E-state index in [1.54, 1.807) is 0 Å². The van der Waals surface area contributed by atoms with Crippen LogP contribution in [-0.4, -0.2) is 37.2 Å². The monoisotopic (exact) mass is 356 g/mol. The van der Waals surface area contributed by atoms with Gasteiger partial charge in [0.25, 0.3) is 0 Å². The molecule has 0 N–H and O–H groups in total. The minimum atomic E-state index is -0.138. The highest BCUT2D eigenvalue weighted by atomic mass is 16.5. The summed E-state index contributed by atoms with van der Waals surface area (Å²) in [6.07, 6.45) is 7.53. The molecule has 2 atom stereocenters. The minimum Gasteiger partial charge on any atom is -0.479 e. The Labute approximate surface area is 155 Å². The van der Waals surface area contributed by atoms with E-state index in [-0.39, 0.29) is 18.6 Å². The van der Waals surface area contributed by atoms with Gasteiger partial charge in [-0.15, -0.1) is 0 Å². The number of methoxy groups -OCH3 is 1. The Bertz CT molecular complexity index is 632. The van der Waals surface area contributed by atoms with Crippen LogP contribution in [-0.2, 0) is 16.1 Å². The molecule has 5 heteroatoms.